The van der Waals surface area contributed by atoms with Crippen LogP contribution in [0.5, 0.6) is 0 Å². The van der Waals surface area contributed by atoms with E-state index in [1.165, 1.54) is 6.07 Å². The minimum absolute atomic E-state index is 0.261. The fraction of sp³-hybridized carbons (Fsp3) is 0.259. The minimum Gasteiger partial charge on any atom is -0.368 e. The Balaban J connectivity index is 1.19. The first-order valence-electron chi connectivity index (χ1n) is 11.4. The second kappa shape index (κ2) is 9.06. The van der Waals surface area contributed by atoms with Crippen molar-refractivity contribution in [1.29, 1.82) is 0 Å². The van der Waals surface area contributed by atoms with E-state index < -0.39 is 0 Å². The molecule has 2 fully saturated rings. The molecule has 1 heterocycles. The Kier molecular flexibility index (Phi) is 5.82. The number of amides is 2. The van der Waals surface area contributed by atoms with Gasteiger partial charge >= 0.3 is 0 Å². The maximum absolute atomic E-state index is 14.6. The van der Waals surface area contributed by atoms with Gasteiger partial charge < -0.3 is 15.1 Å². The zero-order valence-electron chi connectivity index (χ0n) is 18.3. The largest absolute Gasteiger partial charge is 0.368 e. The molecule has 5 rings (SSSR count). The molecule has 1 N–H and O–H groups in total. The molecule has 1 aliphatic heterocycles. The minimum atomic E-state index is -0.381. The molecule has 6 heteroatoms. The zero-order valence-corrected chi connectivity index (χ0v) is 18.3. The van der Waals surface area contributed by atoms with Gasteiger partial charge in [-0.05, 0) is 60.9 Å². The summed E-state index contributed by atoms with van der Waals surface area (Å²) in [6, 6.07) is 21.4. The van der Waals surface area contributed by atoms with Crippen molar-refractivity contribution in [3.63, 3.8) is 0 Å². The smallest absolute Gasteiger partial charge is 0.255 e. The van der Waals surface area contributed by atoms with E-state index in [0.717, 1.165) is 50.3 Å². The Morgan fingerprint density at radius 3 is 2.18 bits per heavy atom. The Morgan fingerprint density at radius 1 is 0.848 bits per heavy atom. The maximum atomic E-state index is 14.6. The van der Waals surface area contributed by atoms with Crippen LogP contribution in [0.2, 0.25) is 0 Å². The van der Waals surface area contributed by atoms with E-state index in [1.54, 1.807) is 24.3 Å². The lowest BCUT2D eigenvalue weighted by molar-refractivity contribution is -0.132. The summed E-state index contributed by atoms with van der Waals surface area (Å²) < 4.78 is 14.6. The van der Waals surface area contributed by atoms with Crippen LogP contribution in [0, 0.1) is 11.7 Å². The quantitative estimate of drug-likeness (QED) is 0.616. The molecule has 5 nitrogen and oxygen atoms in total. The fourth-order valence-electron chi connectivity index (χ4n) is 4.25. The average molecular weight is 444 g/mol. The van der Waals surface area contributed by atoms with E-state index in [4.69, 9.17) is 0 Å². The van der Waals surface area contributed by atoms with Gasteiger partial charge in [-0.15, -0.1) is 0 Å². The first-order valence-corrected chi connectivity index (χ1v) is 11.4. The van der Waals surface area contributed by atoms with Crippen LogP contribution in [-0.4, -0.2) is 42.9 Å². The number of anilines is 2. The van der Waals surface area contributed by atoms with Gasteiger partial charge in [0.2, 0.25) is 5.91 Å². The molecule has 0 unspecified atom stereocenters. The van der Waals surface area contributed by atoms with E-state index in [9.17, 15) is 14.0 Å². The van der Waals surface area contributed by atoms with Crippen LogP contribution in [0.25, 0.3) is 11.1 Å². The van der Waals surface area contributed by atoms with Crippen LogP contribution in [0.1, 0.15) is 23.2 Å². The number of halogens is 1. The van der Waals surface area contributed by atoms with Gasteiger partial charge in [0.25, 0.3) is 5.91 Å². The van der Waals surface area contributed by atoms with E-state index in [2.05, 4.69) is 10.2 Å². The molecular weight excluding hydrogens is 417 g/mol. The van der Waals surface area contributed by atoms with Gasteiger partial charge in [0.1, 0.15) is 5.82 Å². The van der Waals surface area contributed by atoms with E-state index in [-0.39, 0.29) is 17.6 Å². The van der Waals surface area contributed by atoms with Crippen LogP contribution in [0.4, 0.5) is 15.8 Å². The molecule has 1 aliphatic carbocycles. The predicted octanol–water partition coefficient (Wildman–Crippen LogP) is 4.80. The molecular formula is C27H26FN3O2. The van der Waals surface area contributed by atoms with Crippen molar-refractivity contribution in [2.75, 3.05) is 36.4 Å². The summed E-state index contributed by atoms with van der Waals surface area (Å²) in [5, 5.41) is 2.77. The van der Waals surface area contributed by atoms with Crippen molar-refractivity contribution in [2.24, 2.45) is 5.92 Å². The van der Waals surface area contributed by atoms with E-state index in [0.29, 0.717) is 22.7 Å². The van der Waals surface area contributed by atoms with Crippen molar-refractivity contribution in [3.8, 4) is 11.1 Å². The first kappa shape index (κ1) is 21.2. The van der Waals surface area contributed by atoms with Gasteiger partial charge in [0.05, 0.1) is 0 Å². The van der Waals surface area contributed by atoms with Crippen LogP contribution in [-0.2, 0) is 4.79 Å². The molecule has 0 aromatic heterocycles. The van der Waals surface area contributed by atoms with Crippen molar-refractivity contribution in [2.45, 2.75) is 12.8 Å². The second-order valence-electron chi connectivity index (χ2n) is 8.65. The van der Waals surface area contributed by atoms with Gasteiger partial charge in [-0.25, -0.2) is 4.39 Å². The molecule has 33 heavy (non-hydrogen) atoms. The highest BCUT2D eigenvalue weighted by molar-refractivity contribution is 6.04. The number of hydrogen-bond donors (Lipinski definition) is 1. The summed E-state index contributed by atoms with van der Waals surface area (Å²) >= 11 is 0. The van der Waals surface area contributed by atoms with Crippen LogP contribution >= 0.6 is 0 Å². The topological polar surface area (TPSA) is 52.7 Å². The molecule has 0 radical (unpaired) electrons. The van der Waals surface area contributed by atoms with Gasteiger partial charge in [-0.2, -0.15) is 0 Å². The Morgan fingerprint density at radius 2 is 1.55 bits per heavy atom. The fourth-order valence-corrected chi connectivity index (χ4v) is 4.25. The lowest BCUT2D eigenvalue weighted by Gasteiger charge is -2.36. The van der Waals surface area contributed by atoms with Gasteiger partial charge in [-0.3, -0.25) is 9.59 Å². The number of rotatable bonds is 5. The lowest BCUT2D eigenvalue weighted by Crippen LogP contribution is -2.49. The molecule has 2 amide bonds. The molecule has 168 valence electrons. The Labute approximate surface area is 192 Å². The number of piperazine rings is 1. The van der Waals surface area contributed by atoms with Crippen molar-refractivity contribution >= 4 is 23.2 Å². The summed E-state index contributed by atoms with van der Waals surface area (Å²) in [5.41, 5.74) is 3.24. The molecule has 3 aromatic rings. The summed E-state index contributed by atoms with van der Waals surface area (Å²) in [7, 11) is 0. The average Bonchev–Trinajstić information content (AvgIpc) is 3.70. The molecule has 1 saturated heterocycles. The summed E-state index contributed by atoms with van der Waals surface area (Å²) in [4.78, 5) is 29.1. The molecule has 2 aliphatic rings. The monoisotopic (exact) mass is 443 g/mol. The zero-order chi connectivity index (χ0) is 22.8. The summed E-state index contributed by atoms with van der Waals surface area (Å²) in [6.45, 7) is 3.05. The summed E-state index contributed by atoms with van der Waals surface area (Å²) in [6.07, 6.45) is 2.07. The van der Waals surface area contributed by atoms with Crippen LogP contribution in [0.15, 0.2) is 72.8 Å². The normalized spacial score (nSPS) is 15.9. The number of nitrogens with zero attached hydrogens (tertiary/aromatic N) is 2. The van der Waals surface area contributed by atoms with Crippen molar-refractivity contribution < 1.29 is 14.0 Å². The Hall–Kier alpha value is -3.67. The summed E-state index contributed by atoms with van der Waals surface area (Å²) in [5.74, 6) is -0.103. The van der Waals surface area contributed by atoms with Gasteiger partial charge in [0, 0.05) is 54.6 Å². The standard InChI is InChI=1S/C27H26FN3O2/c28-25-18-22(10-13-24(25)19-4-2-1-3-5-19)29-26(32)20-8-11-23(12-9-20)30-14-16-31(17-15-30)27(33)21-6-7-21/h1-5,8-13,18,21H,6-7,14-17H2,(H,29,32). The van der Waals surface area contributed by atoms with Crippen LogP contribution in [0.3, 0.4) is 0 Å². The molecule has 1 saturated carbocycles. The van der Waals surface area contributed by atoms with Gasteiger partial charge in [0.15, 0.2) is 0 Å². The van der Waals surface area contributed by atoms with Crippen molar-refractivity contribution in [3.05, 3.63) is 84.2 Å². The number of carbonyl (C=O) groups excluding carboxylic acids is 2. The highest BCUT2D eigenvalue weighted by Crippen LogP contribution is 2.31. The molecule has 0 spiro atoms. The third kappa shape index (κ3) is 4.75. The Bertz CT molecular complexity index is 1150. The number of benzene rings is 3. The third-order valence-corrected chi connectivity index (χ3v) is 6.32. The maximum Gasteiger partial charge on any atom is 0.255 e. The highest BCUT2D eigenvalue weighted by Gasteiger charge is 2.34. The number of nitrogens with one attached hydrogen (secondary N) is 1. The third-order valence-electron chi connectivity index (χ3n) is 6.32. The van der Waals surface area contributed by atoms with Crippen LogP contribution < -0.4 is 10.2 Å². The van der Waals surface area contributed by atoms with Crippen molar-refractivity contribution in [1.82, 2.24) is 4.90 Å². The SMILES string of the molecule is O=C(Nc1ccc(-c2ccccc2)c(F)c1)c1ccc(N2CCN(C(=O)C3CC3)CC2)cc1. The second-order valence-corrected chi connectivity index (χ2v) is 8.65. The van der Waals surface area contributed by atoms with E-state index >= 15 is 0 Å². The predicted molar refractivity (Wildman–Crippen MR) is 128 cm³/mol. The lowest BCUT2D eigenvalue weighted by atomic mass is 10.0. The number of carbonyl (C=O) groups is 2. The number of hydrogen-bond acceptors (Lipinski definition) is 3. The molecule has 3 aromatic carbocycles. The molecule has 0 atom stereocenters. The van der Waals surface area contributed by atoms with Gasteiger partial charge in [-0.1, -0.05) is 30.3 Å². The molecule has 0 bridgehead atoms. The van der Waals surface area contributed by atoms with E-state index in [1.807, 2.05) is 47.4 Å². The first-order chi connectivity index (χ1) is 16.1. The highest BCUT2D eigenvalue weighted by atomic mass is 19.1.